The summed E-state index contributed by atoms with van der Waals surface area (Å²) in [5.41, 5.74) is -0.0170. The van der Waals surface area contributed by atoms with Crippen LogP contribution in [0.5, 0.6) is 0 Å². The van der Waals surface area contributed by atoms with Crippen molar-refractivity contribution in [3.63, 3.8) is 0 Å². The lowest BCUT2D eigenvalue weighted by Gasteiger charge is -2.38. The Labute approximate surface area is 96.2 Å². The van der Waals surface area contributed by atoms with Crippen LogP contribution in [0.25, 0.3) is 0 Å². The van der Waals surface area contributed by atoms with Gasteiger partial charge in [0.1, 0.15) is 12.4 Å². The summed E-state index contributed by atoms with van der Waals surface area (Å²) in [7, 11) is 0. The van der Waals surface area contributed by atoms with Crippen LogP contribution in [0.2, 0.25) is 0 Å². The van der Waals surface area contributed by atoms with Gasteiger partial charge in [-0.3, -0.25) is 0 Å². The molecule has 1 aliphatic rings. The first kappa shape index (κ1) is 11.5. The van der Waals surface area contributed by atoms with Crippen LogP contribution in [-0.2, 0) is 17.9 Å². The van der Waals surface area contributed by atoms with E-state index in [0.717, 1.165) is 37.7 Å². The number of nitrogens with zero attached hydrogens (tertiary/aromatic N) is 3. The Morgan fingerprint density at radius 3 is 2.75 bits per heavy atom. The summed E-state index contributed by atoms with van der Waals surface area (Å²) < 4.78 is 8.00. The fourth-order valence-corrected chi connectivity index (χ4v) is 1.86. The first-order valence-electron chi connectivity index (χ1n) is 5.88. The maximum Gasteiger partial charge on any atom is 0.159 e. The zero-order valence-corrected chi connectivity index (χ0v) is 10.3. The minimum absolute atomic E-state index is 0.0170. The molecule has 0 radical (unpaired) electrons. The quantitative estimate of drug-likeness (QED) is 0.806. The Hall–Kier alpha value is -0.940. The van der Waals surface area contributed by atoms with Gasteiger partial charge in [0.2, 0.25) is 0 Å². The Balaban J connectivity index is 1.98. The highest BCUT2D eigenvalue weighted by Crippen LogP contribution is 2.17. The van der Waals surface area contributed by atoms with Gasteiger partial charge in [0.25, 0.3) is 0 Å². The lowest BCUT2D eigenvalue weighted by Crippen LogP contribution is -2.58. The van der Waals surface area contributed by atoms with Crippen molar-refractivity contribution in [2.45, 2.75) is 45.9 Å². The smallest absolute Gasteiger partial charge is 0.159 e. The standard InChI is InChI=1S/C11H20N4O/c1-4-5-15-9(2)13-14-10(15)6-16-11(3)7-12-8-11/h12H,4-8H2,1-3H3. The molecule has 1 aromatic rings. The molecule has 90 valence electrons. The minimum Gasteiger partial charge on any atom is -0.365 e. The third kappa shape index (κ3) is 2.25. The van der Waals surface area contributed by atoms with E-state index in [1.807, 2.05) is 6.92 Å². The van der Waals surface area contributed by atoms with E-state index in [2.05, 4.69) is 33.9 Å². The van der Waals surface area contributed by atoms with Crippen LogP contribution in [0, 0.1) is 6.92 Å². The van der Waals surface area contributed by atoms with Crippen molar-refractivity contribution in [1.29, 1.82) is 0 Å². The fraction of sp³-hybridized carbons (Fsp3) is 0.818. The summed E-state index contributed by atoms with van der Waals surface area (Å²) >= 11 is 0. The number of hydrogen-bond acceptors (Lipinski definition) is 4. The van der Waals surface area contributed by atoms with E-state index >= 15 is 0 Å². The monoisotopic (exact) mass is 224 g/mol. The molecule has 16 heavy (non-hydrogen) atoms. The largest absolute Gasteiger partial charge is 0.365 e. The van der Waals surface area contributed by atoms with E-state index in [1.54, 1.807) is 0 Å². The summed E-state index contributed by atoms with van der Waals surface area (Å²) in [6.07, 6.45) is 1.09. The highest BCUT2D eigenvalue weighted by atomic mass is 16.5. The molecule has 2 heterocycles. The highest BCUT2D eigenvalue weighted by molar-refractivity contribution is 4.95. The maximum absolute atomic E-state index is 5.87. The molecule has 1 aliphatic heterocycles. The molecule has 1 aromatic heterocycles. The van der Waals surface area contributed by atoms with Gasteiger partial charge in [0.15, 0.2) is 5.82 Å². The lowest BCUT2D eigenvalue weighted by atomic mass is 10.0. The molecule has 0 amide bonds. The van der Waals surface area contributed by atoms with Crippen LogP contribution in [0.3, 0.4) is 0 Å². The van der Waals surface area contributed by atoms with Crippen molar-refractivity contribution < 1.29 is 4.74 Å². The molecule has 0 atom stereocenters. The molecule has 5 heteroatoms. The van der Waals surface area contributed by atoms with E-state index in [9.17, 15) is 0 Å². The average molecular weight is 224 g/mol. The zero-order chi connectivity index (χ0) is 11.6. The molecular formula is C11H20N4O. The van der Waals surface area contributed by atoms with Gasteiger partial charge in [-0.1, -0.05) is 6.92 Å². The predicted octanol–water partition coefficient (Wildman–Crippen LogP) is 0.875. The second-order valence-electron chi connectivity index (χ2n) is 4.66. The third-order valence-corrected chi connectivity index (χ3v) is 3.01. The average Bonchev–Trinajstić information content (AvgIpc) is 2.56. The van der Waals surface area contributed by atoms with Gasteiger partial charge in [-0.05, 0) is 20.3 Å². The predicted molar refractivity (Wildman–Crippen MR) is 61.1 cm³/mol. The number of aromatic nitrogens is 3. The molecule has 2 rings (SSSR count). The molecule has 1 saturated heterocycles. The molecule has 0 unspecified atom stereocenters. The lowest BCUT2D eigenvalue weighted by molar-refractivity contribution is -0.0798. The Morgan fingerprint density at radius 2 is 2.19 bits per heavy atom. The van der Waals surface area contributed by atoms with E-state index in [0.29, 0.717) is 6.61 Å². The number of rotatable bonds is 5. The van der Waals surface area contributed by atoms with E-state index in [1.165, 1.54) is 0 Å². The van der Waals surface area contributed by atoms with Crippen LogP contribution in [0.4, 0.5) is 0 Å². The number of hydrogen-bond donors (Lipinski definition) is 1. The second-order valence-corrected chi connectivity index (χ2v) is 4.66. The summed E-state index contributed by atoms with van der Waals surface area (Å²) in [5.74, 6) is 1.91. The van der Waals surface area contributed by atoms with Crippen molar-refractivity contribution in [2.75, 3.05) is 13.1 Å². The minimum atomic E-state index is -0.0170. The van der Waals surface area contributed by atoms with Gasteiger partial charge in [0.05, 0.1) is 5.60 Å². The maximum atomic E-state index is 5.87. The Kier molecular flexibility index (Phi) is 3.25. The van der Waals surface area contributed by atoms with Gasteiger partial charge < -0.3 is 14.6 Å². The van der Waals surface area contributed by atoms with Gasteiger partial charge >= 0.3 is 0 Å². The summed E-state index contributed by atoms with van der Waals surface area (Å²) in [5, 5.41) is 11.5. The molecule has 1 N–H and O–H groups in total. The Bertz CT molecular complexity index is 357. The number of aryl methyl sites for hydroxylation is 1. The van der Waals surface area contributed by atoms with E-state index in [4.69, 9.17) is 4.74 Å². The molecule has 5 nitrogen and oxygen atoms in total. The summed E-state index contributed by atoms with van der Waals surface area (Å²) in [6.45, 7) is 9.63. The third-order valence-electron chi connectivity index (χ3n) is 3.01. The molecule has 0 bridgehead atoms. The van der Waals surface area contributed by atoms with Crippen LogP contribution >= 0.6 is 0 Å². The van der Waals surface area contributed by atoms with Crippen LogP contribution in [-0.4, -0.2) is 33.5 Å². The van der Waals surface area contributed by atoms with Gasteiger partial charge in [-0.15, -0.1) is 10.2 Å². The normalized spacial score (nSPS) is 18.4. The highest BCUT2D eigenvalue weighted by Gasteiger charge is 2.32. The fourth-order valence-electron chi connectivity index (χ4n) is 1.86. The molecule has 0 aliphatic carbocycles. The van der Waals surface area contributed by atoms with Gasteiger partial charge in [0, 0.05) is 19.6 Å². The Morgan fingerprint density at radius 1 is 1.44 bits per heavy atom. The number of ether oxygens (including phenoxy) is 1. The van der Waals surface area contributed by atoms with Crippen LogP contribution in [0.15, 0.2) is 0 Å². The van der Waals surface area contributed by atoms with Gasteiger partial charge in [-0.2, -0.15) is 0 Å². The van der Waals surface area contributed by atoms with E-state index < -0.39 is 0 Å². The van der Waals surface area contributed by atoms with Crippen molar-refractivity contribution in [1.82, 2.24) is 20.1 Å². The summed E-state index contributed by atoms with van der Waals surface area (Å²) in [6, 6.07) is 0. The topological polar surface area (TPSA) is 52.0 Å². The molecule has 1 fully saturated rings. The molecule has 0 aromatic carbocycles. The zero-order valence-electron chi connectivity index (χ0n) is 10.3. The van der Waals surface area contributed by atoms with Crippen molar-refractivity contribution in [2.24, 2.45) is 0 Å². The first-order chi connectivity index (χ1) is 7.64. The summed E-state index contributed by atoms with van der Waals surface area (Å²) in [4.78, 5) is 0. The van der Waals surface area contributed by atoms with Crippen molar-refractivity contribution in [3.05, 3.63) is 11.6 Å². The van der Waals surface area contributed by atoms with Crippen molar-refractivity contribution in [3.8, 4) is 0 Å². The SMILES string of the molecule is CCCn1c(C)nnc1COC1(C)CNC1. The van der Waals surface area contributed by atoms with Gasteiger partial charge in [-0.25, -0.2) is 0 Å². The first-order valence-corrected chi connectivity index (χ1v) is 5.88. The van der Waals surface area contributed by atoms with E-state index in [-0.39, 0.29) is 5.60 Å². The second kappa shape index (κ2) is 4.51. The molecular weight excluding hydrogens is 204 g/mol. The van der Waals surface area contributed by atoms with Crippen molar-refractivity contribution >= 4 is 0 Å². The molecule has 0 spiro atoms. The molecule has 0 saturated carbocycles. The number of nitrogens with one attached hydrogen (secondary N) is 1. The van der Waals surface area contributed by atoms with Crippen LogP contribution in [0.1, 0.15) is 31.9 Å². The van der Waals surface area contributed by atoms with Crippen LogP contribution < -0.4 is 5.32 Å².